The molecule has 23 heavy (non-hydrogen) atoms. The van der Waals surface area contributed by atoms with E-state index in [1.807, 2.05) is 36.1 Å². The highest BCUT2D eigenvalue weighted by Crippen LogP contribution is 2.22. The molecule has 5 heteroatoms. The van der Waals surface area contributed by atoms with Gasteiger partial charge >= 0.3 is 0 Å². The minimum absolute atomic E-state index is 0.00828. The molecule has 1 aliphatic heterocycles. The van der Waals surface area contributed by atoms with Crippen LogP contribution in [0.5, 0.6) is 5.75 Å². The third-order valence-electron chi connectivity index (χ3n) is 4.02. The number of benzene rings is 1. The van der Waals surface area contributed by atoms with Crippen LogP contribution in [0.4, 0.5) is 0 Å². The second-order valence-corrected chi connectivity index (χ2v) is 6.13. The second-order valence-electron chi connectivity index (χ2n) is 5.72. The van der Waals surface area contributed by atoms with Crippen molar-refractivity contribution in [1.29, 1.82) is 0 Å². The molecule has 2 heterocycles. The van der Waals surface area contributed by atoms with E-state index in [1.54, 1.807) is 18.3 Å². The molecule has 120 valence electrons. The van der Waals surface area contributed by atoms with Gasteiger partial charge in [0, 0.05) is 31.6 Å². The summed E-state index contributed by atoms with van der Waals surface area (Å²) < 4.78 is 5.94. The summed E-state index contributed by atoms with van der Waals surface area (Å²) in [6.07, 6.45) is 3.49. The van der Waals surface area contributed by atoms with Gasteiger partial charge < -0.3 is 9.64 Å². The number of carbonyl (C=O) groups is 1. The zero-order valence-corrected chi connectivity index (χ0v) is 13.8. The smallest absolute Gasteiger partial charge is 0.255 e. The molecule has 1 aliphatic rings. The quantitative estimate of drug-likeness (QED) is 0.861. The van der Waals surface area contributed by atoms with Crippen LogP contribution in [0, 0.1) is 6.92 Å². The summed E-state index contributed by atoms with van der Waals surface area (Å²) in [6.45, 7) is 3.30. The molecule has 4 nitrogen and oxygen atoms in total. The number of rotatable bonds is 3. The van der Waals surface area contributed by atoms with E-state index in [1.165, 1.54) is 0 Å². The zero-order valence-electron chi connectivity index (χ0n) is 13.0. The van der Waals surface area contributed by atoms with Gasteiger partial charge in [0.05, 0.1) is 16.8 Å². The van der Waals surface area contributed by atoms with Crippen LogP contribution in [-0.4, -0.2) is 35.0 Å². The van der Waals surface area contributed by atoms with Gasteiger partial charge in [-0.05, 0) is 31.2 Å². The largest absolute Gasteiger partial charge is 0.489 e. The first-order chi connectivity index (χ1) is 11.1. The average molecular weight is 331 g/mol. The van der Waals surface area contributed by atoms with Gasteiger partial charge in [-0.1, -0.05) is 23.7 Å². The number of halogens is 1. The molecule has 0 unspecified atom stereocenters. The van der Waals surface area contributed by atoms with E-state index < -0.39 is 0 Å². The summed E-state index contributed by atoms with van der Waals surface area (Å²) in [5.41, 5.74) is 1.54. The van der Waals surface area contributed by atoms with E-state index in [-0.39, 0.29) is 12.0 Å². The number of ether oxygens (including phenoxy) is 1. The molecule has 0 aliphatic carbocycles. The van der Waals surface area contributed by atoms with E-state index >= 15 is 0 Å². The molecule has 3 rings (SSSR count). The number of likely N-dealkylation sites (tertiary alicyclic amines) is 1. The number of hydrogen-bond donors (Lipinski definition) is 0. The molecule has 1 saturated heterocycles. The van der Waals surface area contributed by atoms with Crippen LogP contribution in [0.25, 0.3) is 0 Å². The van der Waals surface area contributed by atoms with E-state index in [4.69, 9.17) is 16.3 Å². The third kappa shape index (κ3) is 3.82. The van der Waals surface area contributed by atoms with Crippen molar-refractivity contribution >= 4 is 17.5 Å². The van der Waals surface area contributed by atoms with Gasteiger partial charge in [-0.2, -0.15) is 0 Å². The van der Waals surface area contributed by atoms with Crippen molar-refractivity contribution in [3.8, 4) is 5.75 Å². The predicted octanol–water partition coefficient (Wildman–Crippen LogP) is 3.73. The van der Waals surface area contributed by atoms with Crippen molar-refractivity contribution in [3.63, 3.8) is 0 Å². The molecule has 1 aromatic carbocycles. The van der Waals surface area contributed by atoms with Gasteiger partial charge in [-0.15, -0.1) is 0 Å². The predicted molar refractivity (Wildman–Crippen MR) is 90.0 cm³/mol. The van der Waals surface area contributed by atoms with Crippen molar-refractivity contribution in [3.05, 3.63) is 58.9 Å². The molecule has 0 radical (unpaired) electrons. The number of piperidine rings is 1. The molecule has 0 N–H and O–H groups in total. The van der Waals surface area contributed by atoms with Crippen LogP contribution in [-0.2, 0) is 0 Å². The van der Waals surface area contributed by atoms with Gasteiger partial charge in [-0.25, -0.2) is 0 Å². The SMILES string of the molecule is Cc1ccc(OC2CCN(C(=O)c3ccccc3Cl)CC2)cn1. The van der Waals surface area contributed by atoms with E-state index in [2.05, 4.69) is 4.98 Å². The second kappa shape index (κ2) is 7.01. The lowest BCUT2D eigenvalue weighted by atomic mass is 10.1. The molecule has 1 amide bonds. The lowest BCUT2D eigenvalue weighted by Gasteiger charge is -2.32. The summed E-state index contributed by atoms with van der Waals surface area (Å²) in [4.78, 5) is 18.6. The maximum Gasteiger partial charge on any atom is 0.255 e. The fourth-order valence-electron chi connectivity index (χ4n) is 2.70. The molecule has 0 saturated carbocycles. The van der Waals surface area contributed by atoms with Gasteiger partial charge in [-0.3, -0.25) is 9.78 Å². The molecule has 1 fully saturated rings. The number of hydrogen-bond acceptors (Lipinski definition) is 3. The van der Waals surface area contributed by atoms with E-state index in [9.17, 15) is 4.79 Å². The van der Waals surface area contributed by atoms with E-state index in [0.29, 0.717) is 23.7 Å². The minimum atomic E-state index is -0.00828. The first-order valence-corrected chi connectivity index (χ1v) is 8.14. The van der Waals surface area contributed by atoms with Crippen LogP contribution in [0.3, 0.4) is 0 Å². The van der Waals surface area contributed by atoms with Crippen molar-refractivity contribution in [2.75, 3.05) is 13.1 Å². The lowest BCUT2D eigenvalue weighted by Crippen LogP contribution is -2.41. The summed E-state index contributed by atoms with van der Waals surface area (Å²) in [7, 11) is 0. The summed E-state index contributed by atoms with van der Waals surface area (Å²) in [5, 5.41) is 0.501. The number of amides is 1. The summed E-state index contributed by atoms with van der Waals surface area (Å²) >= 11 is 6.11. The molecular formula is C18H19ClN2O2. The Balaban J connectivity index is 1.57. The first kappa shape index (κ1) is 15.8. The molecule has 0 atom stereocenters. The Bertz CT molecular complexity index is 680. The zero-order chi connectivity index (χ0) is 16.2. The Morgan fingerprint density at radius 3 is 2.61 bits per heavy atom. The number of nitrogens with zero attached hydrogens (tertiary/aromatic N) is 2. The first-order valence-electron chi connectivity index (χ1n) is 7.76. The normalized spacial score (nSPS) is 15.5. The number of aromatic nitrogens is 1. The average Bonchev–Trinajstić information content (AvgIpc) is 2.57. The summed E-state index contributed by atoms with van der Waals surface area (Å²) in [6, 6.07) is 11.0. The number of aryl methyl sites for hydroxylation is 1. The van der Waals surface area contributed by atoms with Crippen LogP contribution in [0.15, 0.2) is 42.6 Å². The Hall–Kier alpha value is -2.07. The van der Waals surface area contributed by atoms with Crippen LogP contribution >= 0.6 is 11.6 Å². The Morgan fingerprint density at radius 1 is 1.22 bits per heavy atom. The van der Waals surface area contributed by atoms with E-state index in [0.717, 1.165) is 24.3 Å². The topological polar surface area (TPSA) is 42.4 Å². The number of pyridine rings is 1. The maximum atomic E-state index is 12.5. The van der Waals surface area contributed by atoms with Crippen LogP contribution < -0.4 is 4.74 Å². The Morgan fingerprint density at radius 2 is 1.96 bits per heavy atom. The molecule has 1 aromatic heterocycles. The maximum absolute atomic E-state index is 12.5. The van der Waals surface area contributed by atoms with Crippen molar-refractivity contribution in [2.24, 2.45) is 0 Å². The van der Waals surface area contributed by atoms with Gasteiger partial charge in [0.25, 0.3) is 5.91 Å². The van der Waals surface area contributed by atoms with Crippen LogP contribution in [0.2, 0.25) is 5.02 Å². The monoisotopic (exact) mass is 330 g/mol. The standard InChI is InChI=1S/C18H19ClN2O2/c1-13-6-7-15(12-20-13)23-14-8-10-21(11-9-14)18(22)16-4-2-3-5-17(16)19/h2-7,12,14H,8-11H2,1H3. The Labute approximate surface area is 141 Å². The van der Waals surface area contributed by atoms with Crippen molar-refractivity contribution in [1.82, 2.24) is 9.88 Å². The van der Waals surface area contributed by atoms with Crippen molar-refractivity contribution in [2.45, 2.75) is 25.9 Å². The molecule has 0 bridgehead atoms. The summed E-state index contributed by atoms with van der Waals surface area (Å²) in [5.74, 6) is 0.775. The molecule has 2 aromatic rings. The Kier molecular flexibility index (Phi) is 4.82. The lowest BCUT2D eigenvalue weighted by molar-refractivity contribution is 0.0595. The fraction of sp³-hybridized carbons (Fsp3) is 0.333. The highest BCUT2D eigenvalue weighted by atomic mass is 35.5. The highest BCUT2D eigenvalue weighted by molar-refractivity contribution is 6.33. The number of carbonyl (C=O) groups excluding carboxylic acids is 1. The fourth-order valence-corrected chi connectivity index (χ4v) is 2.91. The van der Waals surface area contributed by atoms with Gasteiger partial charge in [0.1, 0.15) is 11.9 Å². The van der Waals surface area contributed by atoms with Crippen LogP contribution in [0.1, 0.15) is 28.9 Å². The minimum Gasteiger partial charge on any atom is -0.489 e. The highest BCUT2D eigenvalue weighted by Gasteiger charge is 2.25. The van der Waals surface area contributed by atoms with Gasteiger partial charge in [0.15, 0.2) is 0 Å². The third-order valence-corrected chi connectivity index (χ3v) is 4.35. The van der Waals surface area contributed by atoms with Crippen molar-refractivity contribution < 1.29 is 9.53 Å². The molecule has 0 spiro atoms. The molecular weight excluding hydrogens is 312 g/mol. The van der Waals surface area contributed by atoms with Gasteiger partial charge in [0.2, 0.25) is 0 Å².